The van der Waals surface area contributed by atoms with Gasteiger partial charge in [-0.05, 0) is 35.4 Å². The quantitative estimate of drug-likeness (QED) is 0.508. The summed E-state index contributed by atoms with van der Waals surface area (Å²) in [5, 5.41) is 3.61. The standard InChI is InChI=1S/C26H22N2O4/c29-25(20-12-10-19(11-13-20)18-6-2-1-3-7-18)27-23-21-8-4-5-9-22(21)32-24(23)26(30)28-14-16-31-17-15-28/h1-13H,14-17H2,(H,27,29). The molecule has 4 aromatic rings. The fraction of sp³-hybridized carbons (Fsp3) is 0.154. The van der Waals surface area contributed by atoms with Crippen molar-refractivity contribution in [3.8, 4) is 11.1 Å². The van der Waals surface area contributed by atoms with E-state index in [9.17, 15) is 9.59 Å². The van der Waals surface area contributed by atoms with E-state index < -0.39 is 0 Å². The lowest BCUT2D eigenvalue weighted by molar-refractivity contribution is 0.0285. The fourth-order valence-corrected chi connectivity index (χ4v) is 3.86. The highest BCUT2D eigenvalue weighted by atomic mass is 16.5. The van der Waals surface area contributed by atoms with Gasteiger partial charge in [0.25, 0.3) is 11.8 Å². The van der Waals surface area contributed by atoms with Gasteiger partial charge < -0.3 is 19.4 Å². The molecular weight excluding hydrogens is 404 g/mol. The Kier molecular flexibility index (Phi) is 5.44. The number of hydrogen-bond acceptors (Lipinski definition) is 4. The third-order valence-corrected chi connectivity index (χ3v) is 5.58. The number of nitrogens with zero attached hydrogens (tertiary/aromatic N) is 1. The van der Waals surface area contributed by atoms with Crippen molar-refractivity contribution >= 4 is 28.5 Å². The lowest BCUT2D eigenvalue weighted by Gasteiger charge is -2.26. The van der Waals surface area contributed by atoms with Crippen LogP contribution in [0.3, 0.4) is 0 Å². The lowest BCUT2D eigenvalue weighted by Crippen LogP contribution is -2.40. The fourth-order valence-electron chi connectivity index (χ4n) is 3.86. The summed E-state index contributed by atoms with van der Waals surface area (Å²) in [4.78, 5) is 27.9. The van der Waals surface area contributed by atoms with Gasteiger partial charge in [0.1, 0.15) is 11.3 Å². The first-order valence-electron chi connectivity index (χ1n) is 10.6. The van der Waals surface area contributed by atoms with Crippen LogP contribution in [0.1, 0.15) is 20.9 Å². The van der Waals surface area contributed by atoms with Crippen LogP contribution in [0, 0.1) is 0 Å². The molecule has 6 nitrogen and oxygen atoms in total. The van der Waals surface area contributed by atoms with Crippen molar-refractivity contribution in [2.24, 2.45) is 0 Å². The Bertz CT molecular complexity index is 1260. The molecule has 32 heavy (non-hydrogen) atoms. The zero-order valence-electron chi connectivity index (χ0n) is 17.4. The first-order valence-corrected chi connectivity index (χ1v) is 10.6. The number of furan rings is 1. The first-order chi connectivity index (χ1) is 15.7. The van der Waals surface area contributed by atoms with E-state index in [-0.39, 0.29) is 17.6 Å². The molecule has 1 fully saturated rings. The monoisotopic (exact) mass is 426 g/mol. The summed E-state index contributed by atoms with van der Waals surface area (Å²) in [6, 6.07) is 24.7. The topological polar surface area (TPSA) is 71.8 Å². The number of morpholine rings is 1. The summed E-state index contributed by atoms with van der Waals surface area (Å²) in [5.74, 6) is -0.409. The van der Waals surface area contributed by atoms with Gasteiger partial charge >= 0.3 is 0 Å². The first kappa shape index (κ1) is 20.0. The van der Waals surface area contributed by atoms with E-state index in [1.807, 2.05) is 60.7 Å². The van der Waals surface area contributed by atoms with Crippen molar-refractivity contribution in [3.63, 3.8) is 0 Å². The summed E-state index contributed by atoms with van der Waals surface area (Å²) >= 11 is 0. The molecule has 2 heterocycles. The molecule has 3 aromatic carbocycles. The Hall–Kier alpha value is -3.90. The van der Waals surface area contributed by atoms with Crippen LogP contribution in [0.5, 0.6) is 0 Å². The van der Waals surface area contributed by atoms with Crippen molar-refractivity contribution in [3.05, 3.63) is 90.2 Å². The van der Waals surface area contributed by atoms with Crippen molar-refractivity contribution < 1.29 is 18.7 Å². The molecule has 0 radical (unpaired) electrons. The minimum absolute atomic E-state index is 0.141. The molecule has 160 valence electrons. The second kappa shape index (κ2) is 8.69. The summed E-state index contributed by atoms with van der Waals surface area (Å²) in [5.41, 5.74) is 3.56. The van der Waals surface area contributed by atoms with Crippen LogP contribution >= 0.6 is 0 Å². The number of ether oxygens (including phenoxy) is 1. The zero-order chi connectivity index (χ0) is 21.9. The molecule has 1 saturated heterocycles. The van der Waals surface area contributed by atoms with Gasteiger partial charge in [-0.2, -0.15) is 0 Å². The summed E-state index contributed by atoms with van der Waals surface area (Å²) in [6.45, 7) is 1.96. The minimum Gasteiger partial charge on any atom is -0.449 e. The highest BCUT2D eigenvalue weighted by molar-refractivity contribution is 6.14. The normalized spacial score (nSPS) is 13.8. The second-order valence-electron chi connectivity index (χ2n) is 7.60. The molecule has 1 aliphatic rings. The number of carbonyl (C=O) groups is 2. The minimum atomic E-state index is -0.299. The molecule has 1 aromatic heterocycles. The lowest BCUT2D eigenvalue weighted by atomic mass is 10.0. The largest absolute Gasteiger partial charge is 0.449 e. The number of carbonyl (C=O) groups excluding carboxylic acids is 2. The van der Waals surface area contributed by atoms with Crippen LogP contribution in [-0.4, -0.2) is 43.0 Å². The van der Waals surface area contributed by atoms with E-state index in [0.717, 1.165) is 11.1 Å². The number of para-hydroxylation sites is 1. The third kappa shape index (κ3) is 3.88. The van der Waals surface area contributed by atoms with Gasteiger partial charge in [0, 0.05) is 24.0 Å². The molecule has 1 aliphatic heterocycles. The van der Waals surface area contributed by atoms with Crippen LogP contribution in [0.25, 0.3) is 22.1 Å². The molecule has 0 spiro atoms. The van der Waals surface area contributed by atoms with E-state index in [1.54, 1.807) is 23.1 Å². The van der Waals surface area contributed by atoms with Crippen molar-refractivity contribution in [1.29, 1.82) is 0 Å². The highest BCUT2D eigenvalue weighted by Crippen LogP contribution is 2.32. The molecule has 1 N–H and O–H groups in total. The molecule has 0 saturated carbocycles. The van der Waals surface area contributed by atoms with E-state index in [1.165, 1.54) is 0 Å². The van der Waals surface area contributed by atoms with E-state index in [0.29, 0.717) is 48.5 Å². The van der Waals surface area contributed by atoms with Crippen molar-refractivity contribution in [2.45, 2.75) is 0 Å². The Morgan fingerprint density at radius 2 is 1.44 bits per heavy atom. The molecule has 0 unspecified atom stereocenters. The smallest absolute Gasteiger partial charge is 0.291 e. The Morgan fingerprint density at radius 1 is 0.781 bits per heavy atom. The molecule has 0 bridgehead atoms. The summed E-state index contributed by atoms with van der Waals surface area (Å²) in [7, 11) is 0. The van der Waals surface area contributed by atoms with Gasteiger partial charge in [-0.25, -0.2) is 0 Å². The predicted molar refractivity (Wildman–Crippen MR) is 123 cm³/mol. The number of hydrogen-bond donors (Lipinski definition) is 1. The number of fused-ring (bicyclic) bond motifs is 1. The van der Waals surface area contributed by atoms with Crippen LogP contribution in [0.15, 0.2) is 83.3 Å². The predicted octanol–water partition coefficient (Wildman–Crippen LogP) is 4.82. The molecule has 6 heteroatoms. The third-order valence-electron chi connectivity index (χ3n) is 5.58. The van der Waals surface area contributed by atoms with Gasteiger partial charge in [-0.15, -0.1) is 0 Å². The number of rotatable bonds is 4. The maximum atomic E-state index is 13.1. The molecule has 0 aliphatic carbocycles. The highest BCUT2D eigenvalue weighted by Gasteiger charge is 2.27. The Balaban J connectivity index is 1.44. The van der Waals surface area contributed by atoms with Gasteiger partial charge in [-0.1, -0.05) is 54.6 Å². The second-order valence-corrected chi connectivity index (χ2v) is 7.60. The number of benzene rings is 3. The van der Waals surface area contributed by atoms with Crippen LogP contribution in [0.4, 0.5) is 5.69 Å². The Labute approximate surface area is 185 Å². The Morgan fingerprint density at radius 3 is 2.19 bits per heavy atom. The van der Waals surface area contributed by atoms with E-state index >= 15 is 0 Å². The van der Waals surface area contributed by atoms with E-state index in [2.05, 4.69) is 5.32 Å². The van der Waals surface area contributed by atoms with Crippen molar-refractivity contribution in [2.75, 3.05) is 31.6 Å². The molecule has 2 amide bonds. The average Bonchev–Trinajstić information content (AvgIpc) is 3.23. The van der Waals surface area contributed by atoms with Gasteiger partial charge in [0.15, 0.2) is 0 Å². The maximum absolute atomic E-state index is 13.1. The average molecular weight is 426 g/mol. The van der Waals surface area contributed by atoms with E-state index in [4.69, 9.17) is 9.15 Å². The number of nitrogens with one attached hydrogen (secondary N) is 1. The van der Waals surface area contributed by atoms with Gasteiger partial charge in [0.2, 0.25) is 5.76 Å². The number of amides is 2. The summed E-state index contributed by atoms with van der Waals surface area (Å²) < 4.78 is 11.2. The van der Waals surface area contributed by atoms with Crippen LogP contribution < -0.4 is 5.32 Å². The maximum Gasteiger partial charge on any atom is 0.291 e. The molecule has 0 atom stereocenters. The van der Waals surface area contributed by atoms with Gasteiger partial charge in [0.05, 0.1) is 13.2 Å². The number of anilines is 1. The van der Waals surface area contributed by atoms with Crippen LogP contribution in [0.2, 0.25) is 0 Å². The van der Waals surface area contributed by atoms with Crippen molar-refractivity contribution in [1.82, 2.24) is 4.90 Å². The molecule has 5 rings (SSSR count). The van der Waals surface area contributed by atoms with Crippen LogP contribution in [-0.2, 0) is 4.74 Å². The van der Waals surface area contributed by atoms with Gasteiger partial charge in [-0.3, -0.25) is 9.59 Å². The SMILES string of the molecule is O=C(Nc1c(C(=O)N2CCOCC2)oc2ccccc12)c1ccc(-c2ccccc2)cc1. The zero-order valence-corrected chi connectivity index (χ0v) is 17.4. The molecular formula is C26H22N2O4. The summed E-state index contributed by atoms with van der Waals surface area (Å²) in [6.07, 6.45) is 0.